The Labute approximate surface area is 414 Å². The molecule has 0 heterocycles. The number of rotatable bonds is 0. The molecule has 0 amide bonds. The van der Waals surface area contributed by atoms with Crippen molar-refractivity contribution < 1.29 is 89.4 Å². The highest BCUT2D eigenvalue weighted by Crippen LogP contribution is 2.44. The first-order valence-corrected chi connectivity index (χ1v) is 21.7. The molecule has 0 aromatic heterocycles. The van der Waals surface area contributed by atoms with Gasteiger partial charge in [-0.05, 0) is 60.7 Å². The van der Waals surface area contributed by atoms with Crippen LogP contribution in [0.15, 0.2) is 133 Å². The van der Waals surface area contributed by atoms with Gasteiger partial charge in [0.05, 0.1) is 44.5 Å². The van der Waals surface area contributed by atoms with E-state index in [1.54, 1.807) is 30.3 Å². The summed E-state index contributed by atoms with van der Waals surface area (Å²) >= 11 is 0. The number of hydrogen-bond donors (Lipinski definition) is 10. The maximum Gasteiger partial charge on any atom is 0.202 e. The quantitative estimate of drug-likeness (QED) is 0.0545. The van der Waals surface area contributed by atoms with E-state index in [9.17, 15) is 89.4 Å². The molecule has 0 fully saturated rings. The number of benzene rings is 8. The summed E-state index contributed by atoms with van der Waals surface area (Å²) < 4.78 is 0. The summed E-state index contributed by atoms with van der Waals surface area (Å²) in [5.74, 6) is -8.30. The molecule has 0 bridgehead atoms. The fourth-order valence-corrected chi connectivity index (χ4v) is 8.85. The highest BCUT2D eigenvalue weighted by molar-refractivity contribution is 6.33. The molecule has 0 saturated carbocycles. The van der Waals surface area contributed by atoms with Crippen LogP contribution in [0.25, 0.3) is 0 Å². The van der Waals surface area contributed by atoms with Gasteiger partial charge in [0.15, 0.2) is 63.5 Å². The van der Waals surface area contributed by atoms with Crippen LogP contribution in [0, 0.1) is 0 Å². The van der Waals surface area contributed by atoms with E-state index < -0.39 is 75.0 Å². The van der Waals surface area contributed by atoms with E-state index in [1.165, 1.54) is 84.9 Å². The standard InChI is InChI=1S/C14H8O6.3C14H8O4/c15-6-3-4-7(16)11-10(6)12(18)5-1-2-8(17)13(19)9(5)14(11)20;15-9-5-1-3-7-11(9)14(18)8-4-2-6-10(16)12(8)13(7)17;15-9-5-6-10(16)12-11(9)13(17)7-3-1-2-4-8(7)14(12)18;15-10-6-5-9-11(14(10)18)13(17)8-4-2-1-3-7(8)12(9)16/h1-4,15-17,19H;2*1-6,15-16H;1-6,15,18H. The zero-order valence-corrected chi connectivity index (χ0v) is 37.4. The van der Waals surface area contributed by atoms with Crippen LogP contribution in [0.1, 0.15) is 127 Å². The highest BCUT2D eigenvalue weighted by Gasteiger charge is 2.39. The molecule has 4 aliphatic carbocycles. The molecule has 364 valence electrons. The Morgan fingerprint density at radius 1 is 0.176 bits per heavy atom. The third-order valence-corrected chi connectivity index (χ3v) is 12.3. The minimum absolute atomic E-state index is 0.000556. The first kappa shape index (κ1) is 48.2. The van der Waals surface area contributed by atoms with Gasteiger partial charge < -0.3 is 51.1 Å². The topological polar surface area (TPSA) is 339 Å². The summed E-state index contributed by atoms with van der Waals surface area (Å²) in [5.41, 5.74) is -0.185. The predicted octanol–water partition coefficient (Wildman–Crippen LogP) is 6.90. The van der Waals surface area contributed by atoms with Crippen LogP contribution >= 0.6 is 0 Å². The zero-order chi connectivity index (χ0) is 53.2. The number of carbonyl (C=O) groups excluding carboxylic acids is 8. The molecule has 0 spiro atoms. The van der Waals surface area contributed by atoms with Gasteiger partial charge in [-0.1, -0.05) is 72.8 Å². The van der Waals surface area contributed by atoms with Gasteiger partial charge >= 0.3 is 0 Å². The summed E-state index contributed by atoms with van der Waals surface area (Å²) in [6, 6.07) is 30.8. The summed E-state index contributed by atoms with van der Waals surface area (Å²) in [6.07, 6.45) is 0. The number of hydrogen-bond acceptors (Lipinski definition) is 18. The average molecular weight is 993 g/mol. The van der Waals surface area contributed by atoms with Crippen molar-refractivity contribution in [3.8, 4) is 57.5 Å². The number of fused-ring (bicyclic) bond motifs is 8. The lowest BCUT2D eigenvalue weighted by atomic mass is 9.82. The maximum absolute atomic E-state index is 12.3. The molecule has 0 unspecified atom stereocenters. The summed E-state index contributed by atoms with van der Waals surface area (Å²) in [7, 11) is 0. The van der Waals surface area contributed by atoms with Gasteiger partial charge in [-0.15, -0.1) is 0 Å². The number of carbonyl (C=O) groups is 8. The Kier molecular flexibility index (Phi) is 11.8. The van der Waals surface area contributed by atoms with E-state index in [-0.39, 0.29) is 112 Å². The molecule has 4 aliphatic rings. The number of phenolic OH excluding ortho intramolecular Hbond substituents is 10. The lowest BCUT2D eigenvalue weighted by Gasteiger charge is -2.20. The molecule has 0 saturated heterocycles. The Hall–Kier alpha value is -10.9. The monoisotopic (exact) mass is 992 g/mol. The van der Waals surface area contributed by atoms with Gasteiger partial charge in [0.25, 0.3) is 0 Å². The van der Waals surface area contributed by atoms with Crippen molar-refractivity contribution >= 4 is 46.3 Å². The van der Waals surface area contributed by atoms with Crippen molar-refractivity contribution in [3.05, 3.63) is 222 Å². The van der Waals surface area contributed by atoms with Gasteiger partial charge in [0.1, 0.15) is 34.5 Å². The molecule has 12 rings (SSSR count). The zero-order valence-electron chi connectivity index (χ0n) is 37.4. The van der Waals surface area contributed by atoms with Crippen molar-refractivity contribution in [2.24, 2.45) is 0 Å². The molecule has 0 aliphatic heterocycles. The van der Waals surface area contributed by atoms with Gasteiger partial charge in [-0.2, -0.15) is 0 Å². The van der Waals surface area contributed by atoms with Crippen LogP contribution in [-0.4, -0.2) is 97.3 Å². The minimum atomic E-state index is -0.837. The van der Waals surface area contributed by atoms with E-state index >= 15 is 0 Å². The second-order valence-electron chi connectivity index (χ2n) is 16.5. The van der Waals surface area contributed by atoms with E-state index in [2.05, 4.69) is 0 Å². The number of ketones is 8. The summed E-state index contributed by atoms with van der Waals surface area (Å²) in [5, 5.41) is 96.6. The molecule has 8 aromatic rings. The van der Waals surface area contributed by atoms with Crippen molar-refractivity contribution in [1.29, 1.82) is 0 Å². The van der Waals surface area contributed by atoms with Crippen molar-refractivity contribution in [2.75, 3.05) is 0 Å². The molecule has 74 heavy (non-hydrogen) atoms. The molecule has 18 nitrogen and oxygen atoms in total. The van der Waals surface area contributed by atoms with Crippen LogP contribution in [-0.2, 0) is 0 Å². The molecule has 10 N–H and O–H groups in total. The highest BCUT2D eigenvalue weighted by atomic mass is 16.3. The summed E-state index contributed by atoms with van der Waals surface area (Å²) in [4.78, 5) is 97.8. The van der Waals surface area contributed by atoms with Crippen molar-refractivity contribution in [2.45, 2.75) is 0 Å². The molecule has 8 aromatic carbocycles. The largest absolute Gasteiger partial charge is 0.507 e. The van der Waals surface area contributed by atoms with Crippen LogP contribution < -0.4 is 0 Å². The Balaban J connectivity index is 0.000000121. The van der Waals surface area contributed by atoms with Crippen LogP contribution in [0.2, 0.25) is 0 Å². The molecule has 0 atom stereocenters. The van der Waals surface area contributed by atoms with Gasteiger partial charge in [-0.25, -0.2) is 0 Å². The van der Waals surface area contributed by atoms with Crippen LogP contribution in [0.5, 0.6) is 57.5 Å². The molecule has 18 heteroatoms. The second kappa shape index (κ2) is 18.1. The van der Waals surface area contributed by atoms with E-state index in [4.69, 9.17) is 0 Å². The molecular formula is C56H32O18. The number of phenols is 10. The second-order valence-corrected chi connectivity index (χ2v) is 16.5. The minimum Gasteiger partial charge on any atom is -0.507 e. The van der Waals surface area contributed by atoms with Crippen molar-refractivity contribution in [3.63, 3.8) is 0 Å². The van der Waals surface area contributed by atoms with E-state index in [1.807, 2.05) is 0 Å². The van der Waals surface area contributed by atoms with E-state index in [0.29, 0.717) is 5.56 Å². The normalized spacial score (nSPS) is 13.1. The predicted molar refractivity (Wildman–Crippen MR) is 256 cm³/mol. The first-order valence-electron chi connectivity index (χ1n) is 21.7. The van der Waals surface area contributed by atoms with Gasteiger partial charge in [0.2, 0.25) is 5.78 Å². The Bertz CT molecular complexity index is 3740. The third-order valence-electron chi connectivity index (χ3n) is 12.3. The average Bonchev–Trinajstić information content (AvgIpc) is 3.39. The van der Waals surface area contributed by atoms with Gasteiger partial charge in [-0.3, -0.25) is 38.4 Å². The SMILES string of the molecule is O=C1c2ccc(O)c(O)c2C(=O)c2c(O)ccc(O)c21.O=C1c2cccc(O)c2C(=O)c2cccc(O)c21.O=C1c2ccccc2C(=O)c2c(O)ccc(O)c21.O=C1c2ccccc2C(=O)c2c1ccc(O)c2O. The fourth-order valence-electron chi connectivity index (χ4n) is 8.85. The molecular weight excluding hydrogens is 961 g/mol. The third kappa shape index (κ3) is 7.54. The van der Waals surface area contributed by atoms with E-state index in [0.717, 1.165) is 18.2 Å². The van der Waals surface area contributed by atoms with Crippen LogP contribution in [0.3, 0.4) is 0 Å². The molecule has 0 radical (unpaired) electrons. The smallest absolute Gasteiger partial charge is 0.202 e. The Morgan fingerprint density at radius 2 is 0.405 bits per heavy atom. The van der Waals surface area contributed by atoms with Gasteiger partial charge in [0, 0.05) is 44.5 Å². The fraction of sp³-hybridized carbons (Fsp3) is 0. The Morgan fingerprint density at radius 3 is 0.784 bits per heavy atom. The lowest BCUT2D eigenvalue weighted by molar-refractivity contribution is 0.0971. The summed E-state index contributed by atoms with van der Waals surface area (Å²) in [6.45, 7) is 0. The van der Waals surface area contributed by atoms with Crippen molar-refractivity contribution in [1.82, 2.24) is 0 Å². The van der Waals surface area contributed by atoms with Crippen LogP contribution in [0.4, 0.5) is 0 Å². The maximum atomic E-state index is 12.3. The first-order chi connectivity index (χ1) is 35.3. The lowest BCUT2D eigenvalue weighted by Crippen LogP contribution is -2.21. The number of aromatic hydroxyl groups is 10.